The summed E-state index contributed by atoms with van der Waals surface area (Å²) in [6, 6.07) is 8.17. The standard InChI is InChI=1S/C18H24N2O2S2/c21-16(20-15-3-1-2-4-15)9-10-19-17(22)13-5-7-14(8-6-13)18-23-11-12-24-18/h5-8,15,18H,1-4,9-12H2,(H,19,22)(H,20,21). The van der Waals surface area contributed by atoms with Gasteiger partial charge in [0.2, 0.25) is 5.91 Å². The first kappa shape index (κ1) is 17.7. The summed E-state index contributed by atoms with van der Waals surface area (Å²) in [6.07, 6.45) is 4.92. The molecule has 2 amide bonds. The molecule has 1 aromatic carbocycles. The average molecular weight is 365 g/mol. The average Bonchev–Trinajstić information content (AvgIpc) is 3.28. The Hall–Kier alpha value is -1.14. The normalized spacial score (nSPS) is 18.7. The van der Waals surface area contributed by atoms with E-state index in [0.29, 0.717) is 29.2 Å². The number of hydrogen-bond acceptors (Lipinski definition) is 4. The Kier molecular flexibility index (Phi) is 6.49. The highest BCUT2D eigenvalue weighted by molar-refractivity contribution is 8.19. The molecule has 1 saturated carbocycles. The van der Waals surface area contributed by atoms with Crippen LogP contribution in [-0.2, 0) is 4.79 Å². The fraction of sp³-hybridized carbons (Fsp3) is 0.556. The molecule has 3 rings (SSSR count). The van der Waals surface area contributed by atoms with Crippen LogP contribution in [-0.4, -0.2) is 35.9 Å². The second-order valence-corrected chi connectivity index (χ2v) is 8.97. The Morgan fingerprint density at radius 3 is 2.38 bits per heavy atom. The van der Waals surface area contributed by atoms with E-state index in [1.54, 1.807) is 0 Å². The fourth-order valence-corrected chi connectivity index (χ4v) is 5.96. The van der Waals surface area contributed by atoms with Gasteiger partial charge in [0.25, 0.3) is 5.91 Å². The maximum atomic E-state index is 12.2. The van der Waals surface area contributed by atoms with Gasteiger partial charge in [-0.25, -0.2) is 0 Å². The van der Waals surface area contributed by atoms with Crippen molar-refractivity contribution in [3.05, 3.63) is 35.4 Å². The molecule has 2 fully saturated rings. The van der Waals surface area contributed by atoms with Crippen molar-refractivity contribution in [1.29, 1.82) is 0 Å². The zero-order valence-electron chi connectivity index (χ0n) is 13.8. The molecular formula is C18H24N2O2S2. The molecule has 2 aliphatic rings. The van der Waals surface area contributed by atoms with E-state index in [9.17, 15) is 9.59 Å². The summed E-state index contributed by atoms with van der Waals surface area (Å²) in [5.41, 5.74) is 1.93. The van der Waals surface area contributed by atoms with Crippen LogP contribution in [0.4, 0.5) is 0 Å². The second-order valence-electron chi connectivity index (χ2n) is 6.25. The molecule has 130 valence electrons. The van der Waals surface area contributed by atoms with Crippen molar-refractivity contribution >= 4 is 35.3 Å². The molecular weight excluding hydrogens is 340 g/mol. The largest absolute Gasteiger partial charge is 0.353 e. The first-order chi connectivity index (χ1) is 11.7. The minimum absolute atomic E-state index is 0.0350. The van der Waals surface area contributed by atoms with Crippen molar-refractivity contribution in [1.82, 2.24) is 10.6 Å². The number of nitrogens with one attached hydrogen (secondary N) is 2. The molecule has 6 heteroatoms. The van der Waals surface area contributed by atoms with Gasteiger partial charge < -0.3 is 10.6 Å². The molecule has 1 aliphatic carbocycles. The van der Waals surface area contributed by atoms with Gasteiger partial charge in [0.05, 0.1) is 4.58 Å². The Bertz CT molecular complexity index is 565. The number of carbonyl (C=O) groups is 2. The van der Waals surface area contributed by atoms with Gasteiger partial charge in [0.15, 0.2) is 0 Å². The summed E-state index contributed by atoms with van der Waals surface area (Å²) >= 11 is 3.92. The third-order valence-electron chi connectivity index (χ3n) is 4.42. The van der Waals surface area contributed by atoms with Crippen molar-refractivity contribution in [3.8, 4) is 0 Å². The van der Waals surface area contributed by atoms with Crippen molar-refractivity contribution in [2.24, 2.45) is 0 Å². The number of rotatable bonds is 6. The van der Waals surface area contributed by atoms with Crippen LogP contribution in [0.2, 0.25) is 0 Å². The van der Waals surface area contributed by atoms with Crippen LogP contribution < -0.4 is 10.6 Å². The molecule has 0 unspecified atom stereocenters. The molecule has 0 aromatic heterocycles. The van der Waals surface area contributed by atoms with E-state index in [1.165, 1.54) is 29.9 Å². The molecule has 1 aliphatic heterocycles. The van der Waals surface area contributed by atoms with E-state index < -0.39 is 0 Å². The number of hydrogen-bond donors (Lipinski definition) is 2. The second kappa shape index (κ2) is 8.81. The van der Waals surface area contributed by atoms with E-state index in [4.69, 9.17) is 0 Å². The summed E-state index contributed by atoms with van der Waals surface area (Å²) < 4.78 is 0.501. The van der Waals surface area contributed by atoms with Gasteiger partial charge in [-0.3, -0.25) is 9.59 Å². The van der Waals surface area contributed by atoms with Crippen LogP contribution >= 0.6 is 23.5 Å². The smallest absolute Gasteiger partial charge is 0.251 e. The van der Waals surface area contributed by atoms with Crippen molar-refractivity contribution in [2.45, 2.75) is 42.7 Å². The van der Waals surface area contributed by atoms with Gasteiger partial charge in [0.1, 0.15) is 0 Å². The van der Waals surface area contributed by atoms with E-state index >= 15 is 0 Å². The molecule has 24 heavy (non-hydrogen) atoms. The highest BCUT2D eigenvalue weighted by Crippen LogP contribution is 2.45. The van der Waals surface area contributed by atoms with Gasteiger partial charge >= 0.3 is 0 Å². The molecule has 1 heterocycles. The third-order valence-corrected chi connectivity index (χ3v) is 7.53. The fourth-order valence-electron chi connectivity index (χ4n) is 3.10. The number of carbonyl (C=O) groups excluding carboxylic acids is 2. The zero-order chi connectivity index (χ0) is 16.8. The summed E-state index contributed by atoms with van der Waals surface area (Å²) in [4.78, 5) is 24.0. The number of amides is 2. The molecule has 0 spiro atoms. The topological polar surface area (TPSA) is 58.2 Å². The summed E-state index contributed by atoms with van der Waals surface area (Å²) in [6.45, 7) is 0.382. The predicted octanol–water partition coefficient (Wildman–Crippen LogP) is 3.34. The van der Waals surface area contributed by atoms with Crippen molar-refractivity contribution < 1.29 is 9.59 Å². The lowest BCUT2D eigenvalue weighted by Gasteiger charge is -2.12. The number of benzene rings is 1. The minimum Gasteiger partial charge on any atom is -0.353 e. The first-order valence-electron chi connectivity index (χ1n) is 8.63. The van der Waals surface area contributed by atoms with Crippen molar-refractivity contribution in [3.63, 3.8) is 0 Å². The maximum absolute atomic E-state index is 12.2. The van der Waals surface area contributed by atoms with Crippen LogP contribution in [0.3, 0.4) is 0 Å². The van der Waals surface area contributed by atoms with Gasteiger partial charge in [0, 0.05) is 36.1 Å². The Labute approximate surface area is 151 Å². The third kappa shape index (κ3) is 4.93. The van der Waals surface area contributed by atoms with Crippen LogP contribution in [0, 0.1) is 0 Å². The van der Waals surface area contributed by atoms with E-state index in [2.05, 4.69) is 10.6 Å². The lowest BCUT2D eigenvalue weighted by atomic mass is 10.1. The molecule has 1 saturated heterocycles. The minimum atomic E-state index is -0.109. The summed E-state index contributed by atoms with van der Waals surface area (Å²) in [7, 11) is 0. The van der Waals surface area contributed by atoms with Crippen LogP contribution in [0.25, 0.3) is 0 Å². The molecule has 0 bridgehead atoms. The molecule has 2 N–H and O–H groups in total. The zero-order valence-corrected chi connectivity index (χ0v) is 15.4. The molecule has 0 radical (unpaired) electrons. The Morgan fingerprint density at radius 1 is 1.04 bits per heavy atom. The highest BCUT2D eigenvalue weighted by Gasteiger charge is 2.19. The lowest BCUT2D eigenvalue weighted by molar-refractivity contribution is -0.121. The molecule has 1 aromatic rings. The monoisotopic (exact) mass is 364 g/mol. The predicted molar refractivity (Wildman–Crippen MR) is 101 cm³/mol. The van der Waals surface area contributed by atoms with Gasteiger partial charge in [-0.15, -0.1) is 23.5 Å². The summed E-state index contributed by atoms with van der Waals surface area (Å²) in [5, 5.41) is 5.87. The van der Waals surface area contributed by atoms with Crippen LogP contribution in [0.1, 0.15) is 52.6 Å². The van der Waals surface area contributed by atoms with Crippen molar-refractivity contribution in [2.75, 3.05) is 18.1 Å². The number of thioether (sulfide) groups is 2. The van der Waals surface area contributed by atoms with E-state index in [1.807, 2.05) is 47.8 Å². The Morgan fingerprint density at radius 2 is 1.71 bits per heavy atom. The quantitative estimate of drug-likeness (QED) is 0.813. The summed E-state index contributed by atoms with van der Waals surface area (Å²) in [5.74, 6) is 2.32. The van der Waals surface area contributed by atoms with Gasteiger partial charge in [-0.05, 0) is 30.5 Å². The maximum Gasteiger partial charge on any atom is 0.251 e. The Balaban J connectivity index is 1.40. The van der Waals surface area contributed by atoms with E-state index in [0.717, 1.165) is 12.8 Å². The molecule has 4 nitrogen and oxygen atoms in total. The van der Waals surface area contributed by atoms with Gasteiger partial charge in [-0.2, -0.15) is 0 Å². The van der Waals surface area contributed by atoms with Crippen LogP contribution in [0.15, 0.2) is 24.3 Å². The first-order valence-corrected chi connectivity index (χ1v) is 10.7. The van der Waals surface area contributed by atoms with E-state index in [-0.39, 0.29) is 11.8 Å². The van der Waals surface area contributed by atoms with Crippen LogP contribution in [0.5, 0.6) is 0 Å². The SMILES string of the molecule is O=C(CCNC(=O)c1ccc(C2SCCS2)cc1)NC1CCCC1. The lowest BCUT2D eigenvalue weighted by Crippen LogP contribution is -2.35. The highest BCUT2D eigenvalue weighted by atomic mass is 32.2. The molecule has 0 atom stereocenters. The van der Waals surface area contributed by atoms with Gasteiger partial charge in [-0.1, -0.05) is 25.0 Å².